The maximum Gasteiger partial charge on any atom is 0.127 e. The molecule has 0 aliphatic carbocycles. The standard InChI is InChI=1S/C10H13N3OS/c1-6-2-8-9(7(3-11)4-14)12-5-13-10(8)15-6/h2,5,7,14H,3-4,11H2,1H3. The molecule has 15 heavy (non-hydrogen) atoms. The molecule has 2 aromatic heterocycles. The molecule has 2 heterocycles. The van der Waals surface area contributed by atoms with Gasteiger partial charge < -0.3 is 10.8 Å². The van der Waals surface area contributed by atoms with Crippen molar-refractivity contribution in [3.05, 3.63) is 23.0 Å². The van der Waals surface area contributed by atoms with E-state index in [0.29, 0.717) is 6.54 Å². The third-order valence-electron chi connectivity index (χ3n) is 2.38. The summed E-state index contributed by atoms with van der Waals surface area (Å²) in [6.45, 7) is 2.46. The van der Waals surface area contributed by atoms with Crippen LogP contribution < -0.4 is 5.73 Å². The number of rotatable bonds is 3. The Labute approximate surface area is 91.8 Å². The van der Waals surface area contributed by atoms with Crippen molar-refractivity contribution in [1.29, 1.82) is 0 Å². The summed E-state index contributed by atoms with van der Waals surface area (Å²) < 4.78 is 0. The van der Waals surface area contributed by atoms with E-state index in [1.165, 1.54) is 11.2 Å². The van der Waals surface area contributed by atoms with Crippen molar-refractivity contribution in [1.82, 2.24) is 9.97 Å². The van der Waals surface area contributed by atoms with Gasteiger partial charge in [-0.2, -0.15) is 0 Å². The van der Waals surface area contributed by atoms with Gasteiger partial charge in [-0.1, -0.05) is 0 Å². The zero-order valence-electron chi connectivity index (χ0n) is 8.47. The Morgan fingerprint density at radius 3 is 3.00 bits per heavy atom. The number of nitrogens with two attached hydrogens (primary N) is 1. The second-order valence-electron chi connectivity index (χ2n) is 3.45. The van der Waals surface area contributed by atoms with Crippen molar-refractivity contribution in [2.75, 3.05) is 13.2 Å². The predicted molar refractivity (Wildman–Crippen MR) is 61.0 cm³/mol. The number of thiophene rings is 1. The summed E-state index contributed by atoms with van der Waals surface area (Å²) in [5, 5.41) is 10.2. The highest BCUT2D eigenvalue weighted by atomic mass is 32.1. The Hall–Kier alpha value is -1.04. The van der Waals surface area contributed by atoms with Crippen LogP contribution in [0.4, 0.5) is 0 Å². The molecule has 4 nitrogen and oxygen atoms in total. The van der Waals surface area contributed by atoms with Gasteiger partial charge in [-0.05, 0) is 13.0 Å². The van der Waals surface area contributed by atoms with E-state index in [1.54, 1.807) is 11.3 Å². The van der Waals surface area contributed by atoms with E-state index in [0.717, 1.165) is 15.9 Å². The molecule has 80 valence electrons. The molecule has 0 spiro atoms. The molecule has 0 saturated carbocycles. The number of hydrogen-bond acceptors (Lipinski definition) is 5. The first-order valence-corrected chi connectivity index (χ1v) is 5.60. The van der Waals surface area contributed by atoms with Crippen LogP contribution in [0.1, 0.15) is 16.5 Å². The second-order valence-corrected chi connectivity index (χ2v) is 4.68. The van der Waals surface area contributed by atoms with Gasteiger partial charge in [-0.15, -0.1) is 11.3 Å². The van der Waals surface area contributed by atoms with Crippen LogP contribution in [0.5, 0.6) is 0 Å². The maximum absolute atomic E-state index is 9.21. The highest BCUT2D eigenvalue weighted by Gasteiger charge is 2.15. The SMILES string of the molecule is Cc1cc2c(C(CN)CO)ncnc2s1. The normalized spacial score (nSPS) is 13.3. The molecule has 2 rings (SSSR count). The van der Waals surface area contributed by atoms with E-state index in [1.807, 2.05) is 13.0 Å². The predicted octanol–water partition coefficient (Wildman–Crippen LogP) is 1.03. The molecule has 1 unspecified atom stereocenters. The van der Waals surface area contributed by atoms with Crippen LogP contribution in [0.25, 0.3) is 10.2 Å². The van der Waals surface area contributed by atoms with Crippen molar-refractivity contribution in [2.24, 2.45) is 5.73 Å². The van der Waals surface area contributed by atoms with E-state index in [4.69, 9.17) is 5.73 Å². The fourth-order valence-electron chi connectivity index (χ4n) is 1.59. The largest absolute Gasteiger partial charge is 0.396 e. The Bertz CT molecular complexity index is 465. The lowest BCUT2D eigenvalue weighted by molar-refractivity contribution is 0.266. The first-order valence-electron chi connectivity index (χ1n) is 4.78. The topological polar surface area (TPSA) is 72.0 Å². The third kappa shape index (κ3) is 1.86. The van der Waals surface area contributed by atoms with Crippen molar-refractivity contribution in [3.63, 3.8) is 0 Å². The first-order chi connectivity index (χ1) is 7.26. The highest BCUT2D eigenvalue weighted by Crippen LogP contribution is 2.28. The van der Waals surface area contributed by atoms with E-state index in [9.17, 15) is 5.11 Å². The summed E-state index contributed by atoms with van der Waals surface area (Å²) in [6, 6.07) is 2.05. The smallest absolute Gasteiger partial charge is 0.127 e. The molecule has 0 aliphatic heterocycles. The summed E-state index contributed by atoms with van der Waals surface area (Å²) in [6.07, 6.45) is 1.53. The van der Waals surface area contributed by atoms with Crippen LogP contribution in [-0.2, 0) is 0 Å². The highest BCUT2D eigenvalue weighted by molar-refractivity contribution is 7.18. The lowest BCUT2D eigenvalue weighted by Crippen LogP contribution is -2.17. The molecular formula is C10H13N3OS. The molecule has 0 bridgehead atoms. The number of hydrogen-bond donors (Lipinski definition) is 2. The Morgan fingerprint density at radius 2 is 2.33 bits per heavy atom. The number of fused-ring (bicyclic) bond motifs is 1. The third-order valence-corrected chi connectivity index (χ3v) is 3.33. The first kappa shape index (κ1) is 10.5. The monoisotopic (exact) mass is 223 g/mol. The van der Waals surface area contributed by atoms with E-state index in [-0.39, 0.29) is 12.5 Å². The Balaban J connectivity index is 2.58. The minimum Gasteiger partial charge on any atom is -0.396 e. The number of nitrogens with zero attached hydrogens (tertiary/aromatic N) is 2. The zero-order chi connectivity index (χ0) is 10.8. The van der Waals surface area contributed by atoms with Gasteiger partial charge in [-0.25, -0.2) is 9.97 Å². The van der Waals surface area contributed by atoms with Crippen molar-refractivity contribution < 1.29 is 5.11 Å². The van der Waals surface area contributed by atoms with E-state index in [2.05, 4.69) is 9.97 Å². The molecule has 0 amide bonds. The van der Waals surface area contributed by atoms with Crippen LogP contribution in [0, 0.1) is 6.92 Å². The lowest BCUT2D eigenvalue weighted by Gasteiger charge is -2.10. The number of aryl methyl sites for hydroxylation is 1. The number of aromatic nitrogens is 2. The Morgan fingerprint density at radius 1 is 1.53 bits per heavy atom. The van der Waals surface area contributed by atoms with Crippen LogP contribution in [0.15, 0.2) is 12.4 Å². The van der Waals surface area contributed by atoms with Gasteiger partial charge in [0.25, 0.3) is 0 Å². The molecule has 0 aromatic carbocycles. The van der Waals surface area contributed by atoms with Gasteiger partial charge >= 0.3 is 0 Å². The summed E-state index contributed by atoms with van der Waals surface area (Å²) in [7, 11) is 0. The van der Waals surface area contributed by atoms with Crippen molar-refractivity contribution in [3.8, 4) is 0 Å². The van der Waals surface area contributed by atoms with E-state index >= 15 is 0 Å². The average Bonchev–Trinajstić information content (AvgIpc) is 2.61. The fraction of sp³-hybridized carbons (Fsp3) is 0.400. The molecule has 0 saturated heterocycles. The number of aliphatic hydroxyl groups is 1. The zero-order valence-corrected chi connectivity index (χ0v) is 9.29. The quantitative estimate of drug-likeness (QED) is 0.815. The van der Waals surface area contributed by atoms with Crippen LogP contribution in [0.3, 0.4) is 0 Å². The van der Waals surface area contributed by atoms with Gasteiger partial charge in [0.05, 0.1) is 12.3 Å². The molecule has 1 atom stereocenters. The maximum atomic E-state index is 9.21. The van der Waals surface area contributed by atoms with Crippen molar-refractivity contribution in [2.45, 2.75) is 12.8 Å². The van der Waals surface area contributed by atoms with Gasteiger partial charge in [0.1, 0.15) is 11.2 Å². The van der Waals surface area contributed by atoms with Gasteiger partial charge in [0, 0.05) is 22.7 Å². The van der Waals surface area contributed by atoms with Crippen LogP contribution in [0.2, 0.25) is 0 Å². The Kier molecular flexibility index (Phi) is 2.95. The van der Waals surface area contributed by atoms with Gasteiger partial charge in [0.2, 0.25) is 0 Å². The lowest BCUT2D eigenvalue weighted by atomic mass is 10.0. The summed E-state index contributed by atoms with van der Waals surface area (Å²) in [4.78, 5) is 10.6. The molecule has 5 heteroatoms. The number of aliphatic hydroxyl groups excluding tert-OH is 1. The second kappa shape index (κ2) is 4.22. The van der Waals surface area contributed by atoms with E-state index < -0.39 is 0 Å². The van der Waals surface area contributed by atoms with Gasteiger partial charge in [-0.3, -0.25) is 0 Å². The minimum absolute atomic E-state index is 0.0253. The molecule has 0 aliphatic rings. The van der Waals surface area contributed by atoms with Crippen molar-refractivity contribution >= 4 is 21.6 Å². The molecule has 3 N–H and O–H groups in total. The summed E-state index contributed by atoms with van der Waals surface area (Å²) in [5.74, 6) is -0.0931. The molecule has 2 aromatic rings. The van der Waals surface area contributed by atoms with Crippen LogP contribution in [-0.4, -0.2) is 28.2 Å². The summed E-state index contributed by atoms with van der Waals surface area (Å²) >= 11 is 1.63. The minimum atomic E-state index is -0.0931. The molecular weight excluding hydrogens is 210 g/mol. The van der Waals surface area contributed by atoms with Gasteiger partial charge in [0.15, 0.2) is 0 Å². The fourth-order valence-corrected chi connectivity index (χ4v) is 2.45. The average molecular weight is 223 g/mol. The molecule has 0 radical (unpaired) electrons. The molecule has 0 fully saturated rings. The van der Waals surface area contributed by atoms with Crippen LogP contribution >= 0.6 is 11.3 Å². The summed E-state index contributed by atoms with van der Waals surface area (Å²) in [5.41, 5.74) is 6.45.